The van der Waals surface area contributed by atoms with E-state index < -0.39 is 12.0 Å². The van der Waals surface area contributed by atoms with Crippen LogP contribution >= 0.6 is 22.9 Å². The van der Waals surface area contributed by atoms with Crippen molar-refractivity contribution in [2.24, 2.45) is 5.73 Å². The number of aldehydes is 1. The number of nitrogens with two attached hydrogens (primary N) is 1. The minimum Gasteiger partial charge on any atom is -0.396 e. The Hall–Kier alpha value is -0.980. The lowest BCUT2D eigenvalue weighted by molar-refractivity contribution is -0.137. The zero-order valence-electron chi connectivity index (χ0n) is 6.27. The Morgan fingerprint density at radius 2 is 2.54 bits per heavy atom. The van der Waals surface area contributed by atoms with E-state index >= 15 is 0 Å². The van der Waals surface area contributed by atoms with Crippen LogP contribution in [0.5, 0.6) is 5.19 Å². The van der Waals surface area contributed by atoms with Gasteiger partial charge in [-0.25, -0.2) is 9.78 Å². The predicted molar refractivity (Wildman–Crippen MR) is 46.8 cm³/mol. The third-order valence-corrected chi connectivity index (χ3v) is 2.06. The molecule has 0 spiro atoms. The smallest absolute Gasteiger partial charge is 0.337 e. The standard InChI is InChI=1S/C6H5ClN2O3S/c7-4-1-9-6(13-4)12-5(11)3(8)2-10/h1-3H,8H2. The van der Waals surface area contributed by atoms with E-state index in [1.54, 1.807) is 0 Å². The molecular formula is C6H5ClN2O3S. The van der Waals surface area contributed by atoms with E-state index in [4.69, 9.17) is 17.3 Å². The molecule has 0 radical (unpaired) electrons. The summed E-state index contributed by atoms with van der Waals surface area (Å²) in [6.45, 7) is 0. The Bertz CT molecular complexity index is 327. The van der Waals surface area contributed by atoms with E-state index in [0.717, 1.165) is 11.3 Å². The van der Waals surface area contributed by atoms with Crippen LogP contribution in [-0.2, 0) is 9.59 Å². The van der Waals surface area contributed by atoms with Crippen LogP contribution in [0.4, 0.5) is 0 Å². The van der Waals surface area contributed by atoms with Crippen molar-refractivity contribution < 1.29 is 14.3 Å². The maximum absolute atomic E-state index is 10.9. The molecule has 13 heavy (non-hydrogen) atoms. The van der Waals surface area contributed by atoms with Crippen LogP contribution in [0.3, 0.4) is 0 Å². The summed E-state index contributed by atoms with van der Waals surface area (Å²) < 4.78 is 5.01. The molecule has 0 aromatic carbocycles. The number of hydrogen-bond acceptors (Lipinski definition) is 6. The molecule has 0 aliphatic heterocycles. The second-order valence-electron chi connectivity index (χ2n) is 2.01. The zero-order valence-corrected chi connectivity index (χ0v) is 7.84. The SMILES string of the molecule is NC(C=O)C(=O)Oc1ncc(Cl)s1. The molecule has 0 bridgehead atoms. The second-order valence-corrected chi connectivity index (χ2v) is 3.64. The van der Waals surface area contributed by atoms with Crippen LogP contribution in [0.2, 0.25) is 4.34 Å². The molecule has 70 valence electrons. The number of rotatable bonds is 3. The average molecular weight is 221 g/mol. The third-order valence-electron chi connectivity index (χ3n) is 1.06. The van der Waals surface area contributed by atoms with Gasteiger partial charge < -0.3 is 15.3 Å². The highest BCUT2D eigenvalue weighted by molar-refractivity contribution is 7.17. The molecule has 5 nitrogen and oxygen atoms in total. The van der Waals surface area contributed by atoms with Crippen molar-refractivity contribution in [1.29, 1.82) is 0 Å². The monoisotopic (exact) mass is 220 g/mol. The lowest BCUT2D eigenvalue weighted by Crippen LogP contribution is -2.35. The Kier molecular flexibility index (Phi) is 3.35. The summed E-state index contributed by atoms with van der Waals surface area (Å²) in [4.78, 5) is 24.6. The highest BCUT2D eigenvalue weighted by Gasteiger charge is 2.16. The van der Waals surface area contributed by atoms with E-state index in [1.807, 2.05) is 0 Å². The number of ether oxygens (including phenoxy) is 1. The van der Waals surface area contributed by atoms with Gasteiger partial charge in [-0.3, -0.25) is 0 Å². The number of carbonyl (C=O) groups is 2. The van der Waals surface area contributed by atoms with Crippen LogP contribution in [0.25, 0.3) is 0 Å². The first-order valence-electron chi connectivity index (χ1n) is 3.17. The highest BCUT2D eigenvalue weighted by Crippen LogP contribution is 2.24. The molecule has 2 N–H and O–H groups in total. The topological polar surface area (TPSA) is 82.3 Å². The average Bonchev–Trinajstić information content (AvgIpc) is 2.49. The van der Waals surface area contributed by atoms with Crippen molar-refractivity contribution in [1.82, 2.24) is 4.98 Å². The summed E-state index contributed by atoms with van der Waals surface area (Å²) >= 11 is 6.50. The van der Waals surface area contributed by atoms with Crippen molar-refractivity contribution in [3.63, 3.8) is 0 Å². The highest BCUT2D eigenvalue weighted by atomic mass is 35.5. The normalized spacial score (nSPS) is 12.2. The molecule has 1 heterocycles. The molecular weight excluding hydrogens is 216 g/mol. The molecule has 0 saturated heterocycles. The largest absolute Gasteiger partial charge is 0.396 e. The molecule has 1 rings (SSSR count). The van der Waals surface area contributed by atoms with Gasteiger partial charge in [0.15, 0.2) is 6.04 Å². The molecule has 0 aliphatic rings. The molecule has 1 aromatic heterocycles. The maximum atomic E-state index is 10.9. The van der Waals surface area contributed by atoms with Gasteiger partial charge in [0.1, 0.15) is 10.6 Å². The zero-order chi connectivity index (χ0) is 9.84. The Morgan fingerprint density at radius 1 is 1.85 bits per heavy atom. The van der Waals surface area contributed by atoms with Crippen molar-refractivity contribution in [2.75, 3.05) is 0 Å². The Labute approximate surface area is 82.5 Å². The fraction of sp³-hybridized carbons (Fsp3) is 0.167. The minimum atomic E-state index is -1.28. The number of carbonyl (C=O) groups excluding carboxylic acids is 2. The number of nitrogens with zero attached hydrogens (tertiary/aromatic N) is 1. The molecule has 0 saturated carbocycles. The number of aromatic nitrogens is 1. The van der Waals surface area contributed by atoms with Crippen molar-refractivity contribution >= 4 is 35.2 Å². The van der Waals surface area contributed by atoms with Gasteiger partial charge in [-0.15, -0.1) is 0 Å². The molecule has 1 aromatic rings. The maximum Gasteiger partial charge on any atom is 0.337 e. The van der Waals surface area contributed by atoms with Gasteiger partial charge in [0.25, 0.3) is 5.19 Å². The molecule has 1 unspecified atom stereocenters. The first kappa shape index (κ1) is 10.1. The van der Waals surface area contributed by atoms with E-state index in [1.165, 1.54) is 6.20 Å². The molecule has 0 amide bonds. The summed E-state index contributed by atoms with van der Waals surface area (Å²) in [6.07, 6.45) is 1.62. The van der Waals surface area contributed by atoms with Gasteiger partial charge in [0, 0.05) is 0 Å². The fourth-order valence-electron chi connectivity index (χ4n) is 0.496. The summed E-state index contributed by atoms with van der Waals surface area (Å²) in [5.41, 5.74) is 5.07. The summed E-state index contributed by atoms with van der Waals surface area (Å²) in [5.74, 6) is -0.846. The predicted octanol–water partition coefficient (Wildman–Crippen LogP) is 0.228. The summed E-state index contributed by atoms with van der Waals surface area (Å²) in [6, 6.07) is -1.28. The molecule has 0 fully saturated rings. The van der Waals surface area contributed by atoms with Gasteiger partial charge in [-0.05, 0) is 0 Å². The Morgan fingerprint density at radius 3 is 3.00 bits per heavy atom. The van der Waals surface area contributed by atoms with Crippen molar-refractivity contribution in [3.05, 3.63) is 10.5 Å². The van der Waals surface area contributed by atoms with Crippen LogP contribution in [-0.4, -0.2) is 23.3 Å². The summed E-state index contributed by atoms with van der Waals surface area (Å²) in [7, 11) is 0. The lowest BCUT2D eigenvalue weighted by atomic mass is 10.4. The van der Waals surface area contributed by atoms with E-state index in [-0.39, 0.29) is 11.5 Å². The number of esters is 1. The van der Waals surface area contributed by atoms with Crippen LogP contribution in [0.15, 0.2) is 6.20 Å². The number of halogens is 1. The molecule has 1 atom stereocenters. The molecule has 7 heteroatoms. The number of hydrogen-bond donors (Lipinski definition) is 1. The fourth-order valence-corrected chi connectivity index (χ4v) is 1.24. The van der Waals surface area contributed by atoms with Crippen LogP contribution in [0, 0.1) is 0 Å². The lowest BCUT2D eigenvalue weighted by Gasteiger charge is -2.00. The third kappa shape index (κ3) is 2.76. The van der Waals surface area contributed by atoms with Crippen LogP contribution in [0.1, 0.15) is 0 Å². The van der Waals surface area contributed by atoms with Gasteiger partial charge in [0.2, 0.25) is 0 Å². The van der Waals surface area contributed by atoms with Gasteiger partial charge in [-0.2, -0.15) is 0 Å². The first-order valence-corrected chi connectivity index (χ1v) is 4.37. The van der Waals surface area contributed by atoms with Gasteiger partial charge in [-0.1, -0.05) is 22.9 Å². The van der Waals surface area contributed by atoms with E-state index in [0.29, 0.717) is 4.34 Å². The van der Waals surface area contributed by atoms with Gasteiger partial charge >= 0.3 is 5.97 Å². The van der Waals surface area contributed by atoms with Gasteiger partial charge in [0.05, 0.1) is 6.20 Å². The minimum absolute atomic E-state index is 0.0762. The van der Waals surface area contributed by atoms with Crippen LogP contribution < -0.4 is 10.5 Å². The second kappa shape index (κ2) is 4.31. The summed E-state index contributed by atoms with van der Waals surface area (Å²) in [5, 5.41) is 0.0762. The molecule has 0 aliphatic carbocycles. The first-order chi connectivity index (χ1) is 6.13. The van der Waals surface area contributed by atoms with E-state index in [2.05, 4.69) is 9.72 Å². The van der Waals surface area contributed by atoms with E-state index in [9.17, 15) is 9.59 Å². The quantitative estimate of drug-likeness (QED) is 0.448. The Balaban J connectivity index is 2.59. The van der Waals surface area contributed by atoms with Crippen molar-refractivity contribution in [2.45, 2.75) is 6.04 Å². The van der Waals surface area contributed by atoms with Crippen molar-refractivity contribution in [3.8, 4) is 5.19 Å². The number of thiazole rings is 1.